The van der Waals surface area contributed by atoms with Crippen LogP contribution in [0.2, 0.25) is 0 Å². The molecule has 7 heteroatoms. The quantitative estimate of drug-likeness (QED) is 0.457. The molecule has 1 aromatic rings. The maximum atomic E-state index is 11.6. The summed E-state index contributed by atoms with van der Waals surface area (Å²) in [6.07, 6.45) is 0. The van der Waals surface area contributed by atoms with Crippen molar-refractivity contribution >= 4 is 11.7 Å². The van der Waals surface area contributed by atoms with E-state index in [2.05, 4.69) is 0 Å². The number of benzene rings is 1. The van der Waals surface area contributed by atoms with Gasteiger partial charge in [-0.2, -0.15) is 5.26 Å². The van der Waals surface area contributed by atoms with Gasteiger partial charge in [0.25, 0.3) is 0 Å². The van der Waals surface area contributed by atoms with Crippen LogP contribution in [0, 0.1) is 21.4 Å². The van der Waals surface area contributed by atoms with Crippen LogP contribution in [0.1, 0.15) is 22.8 Å². The molecule has 0 unspecified atom stereocenters. The van der Waals surface area contributed by atoms with Gasteiger partial charge < -0.3 is 9.47 Å². The predicted octanol–water partition coefficient (Wildman–Crippen LogP) is 1.65. The molecule has 0 saturated heterocycles. The van der Waals surface area contributed by atoms with Crippen LogP contribution in [0.15, 0.2) is 12.1 Å². The Hall–Kier alpha value is -2.62. The van der Waals surface area contributed by atoms with Crippen LogP contribution in [0.25, 0.3) is 0 Å². The first-order chi connectivity index (χ1) is 8.56. The highest BCUT2D eigenvalue weighted by molar-refractivity contribution is 5.94. The second kappa shape index (κ2) is 5.63. The van der Waals surface area contributed by atoms with Gasteiger partial charge in [-0.05, 0) is 19.1 Å². The molecular weight excluding hydrogens is 240 g/mol. The fourth-order valence-electron chi connectivity index (χ4n) is 1.41. The lowest BCUT2D eigenvalue weighted by molar-refractivity contribution is -0.386. The minimum atomic E-state index is -0.778. The van der Waals surface area contributed by atoms with E-state index < -0.39 is 16.6 Å². The fourth-order valence-corrected chi connectivity index (χ4v) is 1.41. The zero-order valence-electron chi connectivity index (χ0n) is 9.80. The fraction of sp³-hybridized carbons (Fsp3) is 0.273. The summed E-state index contributed by atoms with van der Waals surface area (Å²) in [5.41, 5.74) is -1.05. The second-order valence-electron chi connectivity index (χ2n) is 3.13. The third kappa shape index (κ3) is 2.38. The maximum absolute atomic E-state index is 11.6. The molecular formula is C11H10N2O5. The summed E-state index contributed by atoms with van der Waals surface area (Å²) in [6, 6.07) is 4.16. The molecule has 18 heavy (non-hydrogen) atoms. The molecule has 0 N–H and O–H groups in total. The number of nitriles is 1. The van der Waals surface area contributed by atoms with E-state index in [1.54, 1.807) is 13.0 Å². The molecule has 94 valence electrons. The van der Waals surface area contributed by atoms with Gasteiger partial charge in [0.05, 0.1) is 24.2 Å². The molecule has 0 radical (unpaired) electrons. The van der Waals surface area contributed by atoms with Crippen molar-refractivity contribution in [2.45, 2.75) is 6.92 Å². The first-order valence-electron chi connectivity index (χ1n) is 4.99. The van der Waals surface area contributed by atoms with Crippen molar-refractivity contribution < 1.29 is 19.2 Å². The van der Waals surface area contributed by atoms with E-state index in [-0.39, 0.29) is 23.5 Å². The van der Waals surface area contributed by atoms with Crippen LogP contribution in [-0.4, -0.2) is 24.6 Å². The summed E-state index contributed by atoms with van der Waals surface area (Å²) in [7, 11) is 1.24. The van der Waals surface area contributed by atoms with Crippen molar-refractivity contribution in [3.8, 4) is 11.8 Å². The Bertz CT molecular complexity index is 533. The van der Waals surface area contributed by atoms with Gasteiger partial charge in [-0.25, -0.2) is 4.79 Å². The number of hydrogen-bond acceptors (Lipinski definition) is 6. The molecule has 0 bridgehead atoms. The second-order valence-corrected chi connectivity index (χ2v) is 3.13. The standard InChI is InChI=1S/C11H10N2O5/c1-3-18-11(14)7-4-5-9(17-2)10(13(15)16)8(7)6-12/h4-5H,3H2,1-2H3. The van der Waals surface area contributed by atoms with E-state index in [0.717, 1.165) is 0 Å². The molecule has 0 atom stereocenters. The minimum Gasteiger partial charge on any atom is -0.490 e. The summed E-state index contributed by atoms with van der Waals surface area (Å²) in [5.74, 6) is -0.857. The van der Waals surface area contributed by atoms with Gasteiger partial charge in [0.1, 0.15) is 11.6 Å². The number of nitro groups is 1. The highest BCUT2D eigenvalue weighted by atomic mass is 16.6. The summed E-state index contributed by atoms with van der Waals surface area (Å²) < 4.78 is 9.52. The highest BCUT2D eigenvalue weighted by Crippen LogP contribution is 2.32. The predicted molar refractivity (Wildman–Crippen MR) is 60.3 cm³/mol. The molecule has 0 saturated carbocycles. The van der Waals surface area contributed by atoms with E-state index in [9.17, 15) is 14.9 Å². The normalized spacial score (nSPS) is 9.39. The number of carbonyl (C=O) groups is 1. The lowest BCUT2D eigenvalue weighted by atomic mass is 10.1. The molecule has 0 fully saturated rings. The van der Waals surface area contributed by atoms with Crippen LogP contribution in [0.3, 0.4) is 0 Å². The van der Waals surface area contributed by atoms with E-state index in [1.807, 2.05) is 0 Å². The van der Waals surface area contributed by atoms with Crippen molar-refractivity contribution in [2.24, 2.45) is 0 Å². The molecule has 0 heterocycles. The first kappa shape index (κ1) is 13.4. The third-order valence-electron chi connectivity index (χ3n) is 2.15. The average Bonchev–Trinajstić information content (AvgIpc) is 2.36. The van der Waals surface area contributed by atoms with Crippen LogP contribution >= 0.6 is 0 Å². The summed E-state index contributed by atoms with van der Waals surface area (Å²) in [6.45, 7) is 1.71. The molecule has 0 aliphatic heterocycles. The summed E-state index contributed by atoms with van der Waals surface area (Å²) in [4.78, 5) is 21.7. The smallest absolute Gasteiger partial charge is 0.339 e. The van der Waals surface area contributed by atoms with Gasteiger partial charge in [0.15, 0.2) is 5.75 Å². The third-order valence-corrected chi connectivity index (χ3v) is 2.15. The Kier molecular flexibility index (Phi) is 4.21. The Labute approximate surface area is 103 Å². The van der Waals surface area contributed by atoms with E-state index in [4.69, 9.17) is 14.7 Å². The largest absolute Gasteiger partial charge is 0.490 e. The summed E-state index contributed by atoms with van der Waals surface area (Å²) in [5, 5.41) is 19.9. The zero-order chi connectivity index (χ0) is 13.7. The molecule has 0 spiro atoms. The first-order valence-corrected chi connectivity index (χ1v) is 4.99. The Morgan fingerprint density at radius 1 is 1.56 bits per heavy atom. The van der Waals surface area contributed by atoms with Gasteiger partial charge in [0, 0.05) is 0 Å². The van der Waals surface area contributed by atoms with Gasteiger partial charge in [0.2, 0.25) is 0 Å². The van der Waals surface area contributed by atoms with Gasteiger partial charge in [-0.1, -0.05) is 0 Å². The Morgan fingerprint density at radius 2 is 2.22 bits per heavy atom. The van der Waals surface area contributed by atoms with Crippen molar-refractivity contribution in [3.63, 3.8) is 0 Å². The number of ether oxygens (including phenoxy) is 2. The van der Waals surface area contributed by atoms with E-state index >= 15 is 0 Å². The number of hydrogen-bond donors (Lipinski definition) is 0. The Morgan fingerprint density at radius 3 is 2.67 bits per heavy atom. The lowest BCUT2D eigenvalue weighted by Gasteiger charge is -2.07. The molecule has 7 nitrogen and oxygen atoms in total. The number of carbonyl (C=O) groups excluding carboxylic acids is 1. The van der Waals surface area contributed by atoms with Crippen molar-refractivity contribution in [1.29, 1.82) is 5.26 Å². The van der Waals surface area contributed by atoms with Crippen molar-refractivity contribution in [2.75, 3.05) is 13.7 Å². The summed E-state index contributed by atoms with van der Waals surface area (Å²) >= 11 is 0. The SMILES string of the molecule is CCOC(=O)c1ccc(OC)c([N+](=O)[O-])c1C#N. The van der Waals surface area contributed by atoms with Gasteiger partial charge in [-0.3, -0.25) is 10.1 Å². The van der Waals surface area contributed by atoms with Gasteiger partial charge in [-0.15, -0.1) is 0 Å². The number of rotatable bonds is 4. The zero-order valence-corrected chi connectivity index (χ0v) is 9.80. The van der Waals surface area contributed by atoms with Crippen LogP contribution in [0.5, 0.6) is 5.75 Å². The van der Waals surface area contributed by atoms with E-state index in [0.29, 0.717) is 0 Å². The number of nitro benzene ring substituents is 1. The van der Waals surface area contributed by atoms with Gasteiger partial charge >= 0.3 is 11.7 Å². The highest BCUT2D eigenvalue weighted by Gasteiger charge is 2.27. The van der Waals surface area contributed by atoms with Crippen molar-refractivity contribution in [1.82, 2.24) is 0 Å². The molecule has 1 rings (SSSR count). The van der Waals surface area contributed by atoms with E-state index in [1.165, 1.54) is 19.2 Å². The average molecular weight is 250 g/mol. The maximum Gasteiger partial charge on any atom is 0.339 e. The molecule has 0 aliphatic rings. The van der Waals surface area contributed by atoms with Crippen molar-refractivity contribution in [3.05, 3.63) is 33.4 Å². The van der Waals surface area contributed by atoms with Crippen LogP contribution < -0.4 is 4.74 Å². The van der Waals surface area contributed by atoms with Crippen LogP contribution in [0.4, 0.5) is 5.69 Å². The lowest BCUT2D eigenvalue weighted by Crippen LogP contribution is -2.09. The minimum absolute atomic E-state index is 0.0791. The monoisotopic (exact) mass is 250 g/mol. The number of esters is 1. The number of nitrogens with zero attached hydrogens (tertiary/aromatic N) is 2. The number of methoxy groups -OCH3 is 1. The molecule has 0 aromatic heterocycles. The molecule has 1 aromatic carbocycles. The van der Waals surface area contributed by atoms with Crippen LogP contribution in [-0.2, 0) is 4.74 Å². The molecule has 0 aliphatic carbocycles. The Balaban J connectivity index is 3.49. The topological polar surface area (TPSA) is 102 Å². The molecule has 0 amide bonds.